The summed E-state index contributed by atoms with van der Waals surface area (Å²) in [7, 11) is 0. The predicted molar refractivity (Wildman–Crippen MR) is 35.0 cm³/mol. The van der Waals surface area contributed by atoms with Gasteiger partial charge >= 0.3 is 0 Å². The van der Waals surface area contributed by atoms with E-state index in [1.165, 1.54) is 0 Å². The Hall–Kier alpha value is -0.830. The van der Waals surface area contributed by atoms with E-state index in [0.29, 0.717) is 11.0 Å². The van der Waals surface area contributed by atoms with Gasteiger partial charge in [-0.3, -0.25) is 5.73 Å². The van der Waals surface area contributed by atoms with E-state index in [1.807, 2.05) is 6.92 Å². The van der Waals surface area contributed by atoms with Gasteiger partial charge in [0.25, 0.3) is 5.82 Å². The SMILES string of the molecule is Cc1cc(Cl)n[nH+]c1N. The van der Waals surface area contributed by atoms with E-state index in [9.17, 15) is 0 Å². The van der Waals surface area contributed by atoms with E-state index in [1.54, 1.807) is 6.07 Å². The number of hydrogen-bond donors (Lipinski definition) is 1. The maximum Gasteiger partial charge on any atom is 0.293 e. The first-order valence-electron chi connectivity index (χ1n) is 2.50. The molecule has 1 aromatic rings. The number of anilines is 1. The molecule has 0 saturated heterocycles. The summed E-state index contributed by atoms with van der Waals surface area (Å²) >= 11 is 5.52. The van der Waals surface area contributed by atoms with E-state index in [-0.39, 0.29) is 0 Å². The molecule has 3 nitrogen and oxygen atoms in total. The van der Waals surface area contributed by atoms with Crippen LogP contribution in [0.25, 0.3) is 0 Å². The Kier molecular flexibility index (Phi) is 1.53. The number of halogens is 1. The first kappa shape index (κ1) is 6.29. The topological polar surface area (TPSA) is 53.0 Å². The quantitative estimate of drug-likeness (QED) is 0.575. The van der Waals surface area contributed by atoms with Crippen LogP contribution in [-0.2, 0) is 0 Å². The second-order valence-corrected chi connectivity index (χ2v) is 2.17. The third kappa shape index (κ3) is 1.29. The van der Waals surface area contributed by atoms with E-state index < -0.39 is 0 Å². The minimum absolute atomic E-state index is 0.432. The van der Waals surface area contributed by atoms with Crippen molar-refractivity contribution in [2.24, 2.45) is 0 Å². The van der Waals surface area contributed by atoms with Gasteiger partial charge in [-0.25, -0.2) is 0 Å². The Morgan fingerprint density at radius 3 is 2.89 bits per heavy atom. The smallest absolute Gasteiger partial charge is 0.285 e. The number of nitrogens with zero attached hydrogens (tertiary/aromatic N) is 1. The van der Waals surface area contributed by atoms with Crippen LogP contribution in [-0.4, -0.2) is 5.10 Å². The predicted octanol–water partition coefficient (Wildman–Crippen LogP) is 0.440. The molecule has 1 heterocycles. The van der Waals surface area contributed by atoms with Crippen molar-refractivity contribution in [3.8, 4) is 0 Å². The molecule has 0 aliphatic heterocycles. The third-order valence-corrected chi connectivity index (χ3v) is 1.24. The van der Waals surface area contributed by atoms with Gasteiger partial charge in [0.2, 0.25) is 0 Å². The van der Waals surface area contributed by atoms with Crippen LogP contribution in [0.1, 0.15) is 5.56 Å². The number of nitrogen functional groups attached to an aromatic ring is 1. The van der Waals surface area contributed by atoms with Gasteiger partial charge in [-0.1, -0.05) is 16.7 Å². The van der Waals surface area contributed by atoms with Gasteiger partial charge in [0.1, 0.15) is 0 Å². The lowest BCUT2D eigenvalue weighted by Gasteiger charge is -1.89. The minimum Gasteiger partial charge on any atom is -0.285 e. The average molecular weight is 145 g/mol. The van der Waals surface area contributed by atoms with Crippen LogP contribution < -0.4 is 10.8 Å². The van der Waals surface area contributed by atoms with Crippen molar-refractivity contribution in [2.75, 3.05) is 5.73 Å². The lowest BCUT2D eigenvalue weighted by molar-refractivity contribution is -0.439. The molecule has 48 valence electrons. The summed E-state index contributed by atoms with van der Waals surface area (Å²) in [6.07, 6.45) is 0. The number of nitrogens with two attached hydrogens (primary N) is 1. The first-order chi connectivity index (χ1) is 4.20. The maximum absolute atomic E-state index is 5.52. The molecule has 4 heteroatoms. The molecule has 0 atom stereocenters. The Morgan fingerprint density at radius 2 is 2.44 bits per heavy atom. The summed E-state index contributed by atoms with van der Waals surface area (Å²) in [6, 6.07) is 1.70. The van der Waals surface area contributed by atoms with Crippen LogP contribution in [0.5, 0.6) is 0 Å². The Labute approximate surface area is 57.8 Å². The largest absolute Gasteiger partial charge is 0.293 e. The number of H-pyrrole nitrogens is 1. The van der Waals surface area contributed by atoms with Gasteiger partial charge in [-0.05, 0) is 13.0 Å². The van der Waals surface area contributed by atoms with Crippen molar-refractivity contribution < 1.29 is 5.10 Å². The zero-order valence-corrected chi connectivity index (χ0v) is 5.74. The standard InChI is InChI=1S/C5H6ClN3/c1-3-2-4(6)8-9-5(3)7/h2H,1H3,(H2,7,9)/p+1. The van der Waals surface area contributed by atoms with Crippen molar-refractivity contribution >= 4 is 17.4 Å². The number of nitrogens with one attached hydrogen (secondary N) is 1. The summed E-state index contributed by atoms with van der Waals surface area (Å²) in [5.74, 6) is 0.555. The number of rotatable bonds is 0. The molecule has 0 unspecified atom stereocenters. The fourth-order valence-corrected chi connectivity index (χ4v) is 0.696. The summed E-state index contributed by atoms with van der Waals surface area (Å²) in [6.45, 7) is 1.86. The highest BCUT2D eigenvalue weighted by molar-refractivity contribution is 6.29. The van der Waals surface area contributed by atoms with Crippen LogP contribution in [0.15, 0.2) is 6.07 Å². The third-order valence-electron chi connectivity index (χ3n) is 1.04. The highest BCUT2D eigenvalue weighted by Crippen LogP contribution is 2.06. The van der Waals surface area contributed by atoms with Crippen molar-refractivity contribution in [2.45, 2.75) is 6.92 Å². The Balaban J connectivity index is 3.17. The molecule has 0 saturated carbocycles. The van der Waals surface area contributed by atoms with E-state index in [0.717, 1.165) is 5.56 Å². The molecule has 3 N–H and O–H groups in total. The molecule has 1 aromatic heterocycles. The molecule has 0 aliphatic rings. The summed E-state index contributed by atoms with van der Waals surface area (Å²) < 4.78 is 0. The van der Waals surface area contributed by atoms with Gasteiger partial charge in [-0.15, -0.1) is 5.10 Å². The van der Waals surface area contributed by atoms with Crippen molar-refractivity contribution in [3.63, 3.8) is 0 Å². The van der Waals surface area contributed by atoms with Crippen LogP contribution in [0, 0.1) is 6.92 Å². The molecule has 0 bridgehead atoms. The molecule has 0 aromatic carbocycles. The van der Waals surface area contributed by atoms with Crippen molar-refractivity contribution in [1.82, 2.24) is 5.10 Å². The monoisotopic (exact) mass is 144 g/mol. The lowest BCUT2D eigenvalue weighted by Crippen LogP contribution is -2.15. The fourth-order valence-electron chi connectivity index (χ4n) is 0.490. The highest BCUT2D eigenvalue weighted by Gasteiger charge is 1.99. The Morgan fingerprint density at radius 1 is 1.78 bits per heavy atom. The summed E-state index contributed by atoms with van der Waals surface area (Å²) in [5, 5.41) is 6.65. The van der Waals surface area contributed by atoms with Crippen LogP contribution in [0.2, 0.25) is 5.15 Å². The van der Waals surface area contributed by atoms with Crippen molar-refractivity contribution in [3.05, 3.63) is 16.8 Å². The molecule has 0 aliphatic carbocycles. The van der Waals surface area contributed by atoms with Gasteiger partial charge in [0.15, 0.2) is 5.15 Å². The zero-order chi connectivity index (χ0) is 6.85. The lowest BCUT2D eigenvalue weighted by atomic mass is 10.3. The minimum atomic E-state index is 0.432. The first-order valence-corrected chi connectivity index (χ1v) is 2.88. The van der Waals surface area contributed by atoms with Crippen LogP contribution >= 0.6 is 11.6 Å². The van der Waals surface area contributed by atoms with Gasteiger partial charge in [0, 0.05) is 5.56 Å². The molecular weight excluding hydrogens is 138 g/mol. The number of aryl methyl sites for hydroxylation is 1. The van der Waals surface area contributed by atoms with Gasteiger partial charge in [0.05, 0.1) is 0 Å². The van der Waals surface area contributed by atoms with Crippen molar-refractivity contribution in [1.29, 1.82) is 0 Å². The number of hydrogen-bond acceptors (Lipinski definition) is 2. The normalized spacial score (nSPS) is 9.56. The Bertz CT molecular complexity index is 223. The average Bonchev–Trinajstić information content (AvgIpc) is 1.80. The van der Waals surface area contributed by atoms with Crippen LogP contribution in [0.4, 0.5) is 5.82 Å². The molecule has 9 heavy (non-hydrogen) atoms. The zero-order valence-electron chi connectivity index (χ0n) is 4.98. The molecular formula is C5H7ClN3+. The molecule has 0 fully saturated rings. The molecule has 1 rings (SSSR count). The van der Waals surface area contributed by atoms with Gasteiger partial charge < -0.3 is 0 Å². The fraction of sp³-hybridized carbons (Fsp3) is 0.200. The van der Waals surface area contributed by atoms with Gasteiger partial charge in [-0.2, -0.15) is 0 Å². The highest BCUT2D eigenvalue weighted by atomic mass is 35.5. The summed E-state index contributed by atoms with van der Waals surface area (Å²) in [4.78, 5) is 0. The maximum atomic E-state index is 5.52. The van der Waals surface area contributed by atoms with E-state index in [2.05, 4.69) is 10.2 Å². The molecule has 0 amide bonds. The summed E-state index contributed by atoms with van der Waals surface area (Å²) in [5.41, 5.74) is 6.32. The number of aromatic nitrogens is 2. The molecule has 0 radical (unpaired) electrons. The second-order valence-electron chi connectivity index (χ2n) is 1.79. The molecule has 0 spiro atoms. The van der Waals surface area contributed by atoms with E-state index >= 15 is 0 Å². The van der Waals surface area contributed by atoms with Crippen LogP contribution in [0.3, 0.4) is 0 Å². The second kappa shape index (κ2) is 2.19. The van der Waals surface area contributed by atoms with E-state index in [4.69, 9.17) is 17.3 Å². The number of aromatic amines is 1.